The van der Waals surface area contributed by atoms with Crippen molar-refractivity contribution in [3.05, 3.63) is 69.6 Å². The van der Waals surface area contributed by atoms with Gasteiger partial charge in [-0.1, -0.05) is 24.3 Å². The maximum Gasteiger partial charge on any atom is 0.308 e. The summed E-state index contributed by atoms with van der Waals surface area (Å²) in [5, 5.41) is 9.60. The average Bonchev–Trinajstić information content (AvgIpc) is 3.02. The molecule has 1 fully saturated rings. The van der Waals surface area contributed by atoms with Gasteiger partial charge in [0.05, 0.1) is 11.5 Å². The highest BCUT2D eigenvalue weighted by atomic mass is 16.4. The molecule has 0 aliphatic carbocycles. The van der Waals surface area contributed by atoms with Gasteiger partial charge in [0.25, 0.3) is 5.91 Å². The largest absolute Gasteiger partial charge is 0.481 e. The van der Waals surface area contributed by atoms with Gasteiger partial charge in [-0.05, 0) is 24.1 Å². The fourth-order valence-electron chi connectivity index (χ4n) is 3.44. The molecule has 6 nitrogen and oxygen atoms in total. The lowest BCUT2D eigenvalue weighted by atomic mass is 9.86. The Bertz CT molecular complexity index is 887. The number of carbonyl (C=O) groups is 2. The Kier molecular flexibility index (Phi) is 4.44. The van der Waals surface area contributed by atoms with Crippen LogP contribution in [0.4, 0.5) is 0 Å². The number of carboxylic acid groups (broad SMARTS) is 1. The fourth-order valence-corrected chi connectivity index (χ4v) is 3.44. The van der Waals surface area contributed by atoms with E-state index in [0.29, 0.717) is 12.1 Å². The van der Waals surface area contributed by atoms with Gasteiger partial charge in [-0.2, -0.15) is 0 Å². The first-order chi connectivity index (χ1) is 11.9. The highest BCUT2D eigenvalue weighted by Crippen LogP contribution is 2.35. The second-order valence-electron chi connectivity index (χ2n) is 6.48. The summed E-state index contributed by atoms with van der Waals surface area (Å²) in [6, 6.07) is 10.5. The van der Waals surface area contributed by atoms with Crippen LogP contribution in [0, 0.1) is 12.8 Å². The SMILES string of the molecule is Cc1ccccc1[C@H]1CN(C(=O)c2ccc(=O)n(C)c2)C[C@@H]1C(=O)O. The number of carbonyl (C=O) groups excluding carboxylic acids is 1. The van der Waals surface area contributed by atoms with E-state index in [2.05, 4.69) is 0 Å². The van der Waals surface area contributed by atoms with Crippen molar-refractivity contribution in [2.24, 2.45) is 13.0 Å². The Balaban J connectivity index is 1.90. The Morgan fingerprint density at radius 3 is 2.48 bits per heavy atom. The minimum absolute atomic E-state index is 0.163. The number of hydrogen-bond donors (Lipinski definition) is 1. The van der Waals surface area contributed by atoms with Crippen molar-refractivity contribution in [2.45, 2.75) is 12.8 Å². The molecule has 1 saturated heterocycles. The van der Waals surface area contributed by atoms with Crippen LogP contribution in [0.25, 0.3) is 0 Å². The Labute approximate surface area is 145 Å². The van der Waals surface area contributed by atoms with Crippen molar-refractivity contribution >= 4 is 11.9 Å². The van der Waals surface area contributed by atoms with Gasteiger partial charge in [-0.3, -0.25) is 14.4 Å². The number of hydrogen-bond acceptors (Lipinski definition) is 3. The van der Waals surface area contributed by atoms with Crippen LogP contribution in [0.15, 0.2) is 47.4 Å². The van der Waals surface area contributed by atoms with Crippen molar-refractivity contribution in [2.75, 3.05) is 13.1 Å². The van der Waals surface area contributed by atoms with Crippen molar-refractivity contribution < 1.29 is 14.7 Å². The standard InChI is InChI=1S/C19H20N2O4/c1-12-5-3-4-6-14(12)15-10-21(11-16(15)19(24)25)18(23)13-7-8-17(22)20(2)9-13/h3-9,15-16H,10-11H2,1-2H3,(H,24,25)/t15-,16+/m1/s1. The van der Waals surface area contributed by atoms with Gasteiger partial charge in [0.15, 0.2) is 0 Å². The van der Waals surface area contributed by atoms with Crippen LogP contribution in [-0.4, -0.2) is 39.5 Å². The van der Waals surface area contributed by atoms with Crippen LogP contribution in [0.1, 0.15) is 27.4 Å². The smallest absolute Gasteiger partial charge is 0.308 e. The lowest BCUT2D eigenvalue weighted by Gasteiger charge is -2.18. The minimum Gasteiger partial charge on any atom is -0.481 e. The van der Waals surface area contributed by atoms with Gasteiger partial charge >= 0.3 is 5.97 Å². The number of nitrogens with zero attached hydrogens (tertiary/aromatic N) is 2. The highest BCUT2D eigenvalue weighted by Gasteiger charge is 2.41. The molecule has 0 spiro atoms. The van der Waals surface area contributed by atoms with Crippen LogP contribution < -0.4 is 5.56 Å². The van der Waals surface area contributed by atoms with E-state index >= 15 is 0 Å². The first-order valence-corrected chi connectivity index (χ1v) is 8.12. The molecule has 1 aliphatic rings. The van der Waals surface area contributed by atoms with Crippen molar-refractivity contribution in [3.8, 4) is 0 Å². The van der Waals surface area contributed by atoms with Crippen LogP contribution >= 0.6 is 0 Å². The average molecular weight is 340 g/mol. The van der Waals surface area contributed by atoms with Crippen molar-refractivity contribution in [1.82, 2.24) is 9.47 Å². The van der Waals surface area contributed by atoms with Crippen LogP contribution in [0.3, 0.4) is 0 Å². The van der Waals surface area contributed by atoms with Crippen LogP contribution in [0.5, 0.6) is 0 Å². The summed E-state index contributed by atoms with van der Waals surface area (Å²) in [5.41, 5.74) is 2.18. The van der Waals surface area contributed by atoms with Gasteiger partial charge in [-0.15, -0.1) is 0 Å². The molecule has 25 heavy (non-hydrogen) atoms. The van der Waals surface area contributed by atoms with E-state index in [9.17, 15) is 19.5 Å². The molecular weight excluding hydrogens is 320 g/mol. The minimum atomic E-state index is -0.899. The van der Waals surface area contributed by atoms with E-state index in [1.54, 1.807) is 11.9 Å². The van der Waals surface area contributed by atoms with Gasteiger partial charge in [0.1, 0.15) is 0 Å². The predicted molar refractivity (Wildman–Crippen MR) is 92.6 cm³/mol. The lowest BCUT2D eigenvalue weighted by molar-refractivity contribution is -0.141. The summed E-state index contributed by atoms with van der Waals surface area (Å²) < 4.78 is 1.34. The second-order valence-corrected chi connectivity index (χ2v) is 6.48. The van der Waals surface area contributed by atoms with Crippen molar-refractivity contribution in [1.29, 1.82) is 0 Å². The normalized spacial score (nSPS) is 19.8. The predicted octanol–water partition coefficient (Wildman–Crippen LogP) is 1.63. The zero-order chi connectivity index (χ0) is 18.1. The molecule has 1 aromatic heterocycles. The van der Waals surface area contributed by atoms with E-state index in [1.807, 2.05) is 31.2 Å². The lowest BCUT2D eigenvalue weighted by Crippen LogP contribution is -2.31. The topological polar surface area (TPSA) is 79.6 Å². The number of amides is 1. The molecule has 0 unspecified atom stereocenters. The first kappa shape index (κ1) is 17.0. The summed E-state index contributed by atoms with van der Waals surface area (Å²) in [7, 11) is 1.58. The molecule has 0 bridgehead atoms. The van der Waals surface area contributed by atoms with Crippen LogP contribution in [0.2, 0.25) is 0 Å². The molecule has 1 amide bonds. The summed E-state index contributed by atoms with van der Waals surface area (Å²) in [6.07, 6.45) is 1.49. The molecular formula is C19H20N2O4. The van der Waals surface area contributed by atoms with Gasteiger partial charge in [0.2, 0.25) is 5.56 Å². The maximum atomic E-state index is 12.8. The van der Waals surface area contributed by atoms with E-state index < -0.39 is 11.9 Å². The van der Waals surface area contributed by atoms with E-state index in [4.69, 9.17) is 0 Å². The molecule has 1 aliphatic heterocycles. The Morgan fingerprint density at radius 1 is 1.12 bits per heavy atom. The Hall–Kier alpha value is -2.89. The number of aryl methyl sites for hydroxylation is 2. The first-order valence-electron chi connectivity index (χ1n) is 8.12. The van der Waals surface area contributed by atoms with Gasteiger partial charge in [-0.25, -0.2) is 0 Å². The molecule has 2 aromatic rings. The third-order valence-corrected chi connectivity index (χ3v) is 4.84. The molecule has 1 aromatic carbocycles. The number of aromatic nitrogens is 1. The second kappa shape index (κ2) is 6.55. The number of carboxylic acids is 1. The molecule has 6 heteroatoms. The molecule has 3 rings (SSSR count). The molecule has 2 heterocycles. The Morgan fingerprint density at radius 2 is 1.84 bits per heavy atom. The number of likely N-dealkylation sites (tertiary alicyclic amines) is 1. The van der Waals surface area contributed by atoms with Crippen molar-refractivity contribution in [3.63, 3.8) is 0 Å². The van der Waals surface area contributed by atoms with E-state index in [1.165, 1.54) is 22.9 Å². The number of benzene rings is 1. The fraction of sp³-hybridized carbons (Fsp3) is 0.316. The monoisotopic (exact) mass is 340 g/mol. The number of rotatable bonds is 3. The highest BCUT2D eigenvalue weighted by molar-refractivity contribution is 5.94. The van der Waals surface area contributed by atoms with Crippen LogP contribution in [-0.2, 0) is 11.8 Å². The molecule has 2 atom stereocenters. The summed E-state index contributed by atoms with van der Waals surface area (Å²) in [5.74, 6) is -2.03. The third kappa shape index (κ3) is 3.20. The third-order valence-electron chi connectivity index (χ3n) is 4.84. The quantitative estimate of drug-likeness (QED) is 0.921. The van der Waals surface area contributed by atoms with E-state index in [0.717, 1.165) is 11.1 Å². The van der Waals surface area contributed by atoms with E-state index in [-0.39, 0.29) is 23.9 Å². The summed E-state index contributed by atoms with van der Waals surface area (Å²) in [6.45, 7) is 2.46. The zero-order valence-electron chi connectivity index (χ0n) is 14.2. The maximum absolute atomic E-state index is 12.8. The molecule has 0 saturated carbocycles. The summed E-state index contributed by atoms with van der Waals surface area (Å²) >= 11 is 0. The summed E-state index contributed by atoms with van der Waals surface area (Å²) in [4.78, 5) is 37.5. The number of pyridine rings is 1. The molecule has 1 N–H and O–H groups in total. The molecule has 130 valence electrons. The van der Waals surface area contributed by atoms with Gasteiger partial charge < -0.3 is 14.6 Å². The number of aliphatic carboxylic acids is 1. The zero-order valence-corrected chi connectivity index (χ0v) is 14.2. The molecule has 0 radical (unpaired) electrons. The van der Waals surface area contributed by atoms with Gasteiger partial charge in [0, 0.05) is 38.3 Å².